The first-order chi connectivity index (χ1) is 9.60. The third kappa shape index (κ3) is 4.06. The number of hydrogen-bond donors (Lipinski definition) is 1. The molecule has 2 rings (SSSR count). The van der Waals surface area contributed by atoms with Gasteiger partial charge < -0.3 is 5.11 Å². The zero-order valence-electron chi connectivity index (χ0n) is 12.5. The zero-order chi connectivity index (χ0) is 14.5. The maximum absolute atomic E-state index is 11.0. The van der Waals surface area contributed by atoms with Crippen molar-refractivity contribution in [2.24, 2.45) is 5.92 Å². The van der Waals surface area contributed by atoms with Crippen molar-refractivity contribution in [3.05, 3.63) is 21.4 Å². The smallest absolute Gasteiger partial charge is 0.345 e. The highest BCUT2D eigenvalue weighted by atomic mass is 32.1. The highest BCUT2D eigenvalue weighted by Crippen LogP contribution is 2.26. The summed E-state index contributed by atoms with van der Waals surface area (Å²) in [6, 6.07) is 1.86. The van der Waals surface area contributed by atoms with Crippen LogP contribution in [0.5, 0.6) is 0 Å². The van der Waals surface area contributed by atoms with Gasteiger partial charge in [-0.05, 0) is 56.8 Å². The molecule has 1 saturated heterocycles. The van der Waals surface area contributed by atoms with Crippen LogP contribution >= 0.6 is 11.3 Å². The van der Waals surface area contributed by atoms with E-state index in [2.05, 4.69) is 11.8 Å². The molecular formula is C16H25NO2S. The number of thiophene rings is 1. The maximum Gasteiger partial charge on any atom is 0.345 e. The van der Waals surface area contributed by atoms with Crippen LogP contribution in [-0.4, -0.2) is 29.1 Å². The van der Waals surface area contributed by atoms with Crippen molar-refractivity contribution in [3.8, 4) is 0 Å². The summed E-state index contributed by atoms with van der Waals surface area (Å²) in [5.41, 5.74) is 1.20. The lowest BCUT2D eigenvalue weighted by Gasteiger charge is -2.20. The van der Waals surface area contributed by atoms with Crippen LogP contribution in [-0.2, 0) is 6.54 Å². The van der Waals surface area contributed by atoms with Crippen LogP contribution in [0.4, 0.5) is 0 Å². The van der Waals surface area contributed by atoms with Gasteiger partial charge in [0.25, 0.3) is 0 Å². The summed E-state index contributed by atoms with van der Waals surface area (Å²) in [6.07, 6.45) is 6.57. The fourth-order valence-corrected chi connectivity index (χ4v) is 3.98. The first-order valence-electron chi connectivity index (χ1n) is 7.65. The van der Waals surface area contributed by atoms with Crippen molar-refractivity contribution in [2.45, 2.75) is 52.5 Å². The second kappa shape index (κ2) is 7.23. The third-order valence-corrected chi connectivity index (χ3v) is 5.34. The van der Waals surface area contributed by atoms with Crippen molar-refractivity contribution in [1.29, 1.82) is 0 Å². The van der Waals surface area contributed by atoms with E-state index in [1.165, 1.54) is 49.0 Å². The number of hydrogen-bond acceptors (Lipinski definition) is 3. The highest BCUT2D eigenvalue weighted by Gasteiger charge is 2.18. The number of carboxylic acids is 1. The van der Waals surface area contributed by atoms with Gasteiger partial charge in [-0.3, -0.25) is 4.90 Å². The molecule has 112 valence electrons. The molecule has 1 fully saturated rings. The van der Waals surface area contributed by atoms with Crippen LogP contribution in [0, 0.1) is 12.8 Å². The van der Waals surface area contributed by atoms with Crippen molar-refractivity contribution in [1.82, 2.24) is 4.90 Å². The quantitative estimate of drug-likeness (QED) is 0.887. The topological polar surface area (TPSA) is 40.5 Å². The van der Waals surface area contributed by atoms with Crippen LogP contribution in [0.25, 0.3) is 0 Å². The molecule has 0 radical (unpaired) electrons. The Kier molecular flexibility index (Phi) is 5.61. The minimum absolute atomic E-state index is 0.469. The van der Waals surface area contributed by atoms with E-state index in [9.17, 15) is 4.79 Å². The summed E-state index contributed by atoms with van der Waals surface area (Å²) in [5.74, 6) is 0.0892. The van der Waals surface area contributed by atoms with E-state index in [1.807, 2.05) is 13.0 Å². The van der Waals surface area contributed by atoms with E-state index in [-0.39, 0.29) is 0 Å². The van der Waals surface area contributed by atoms with E-state index >= 15 is 0 Å². The number of rotatable bonds is 5. The third-order valence-electron chi connectivity index (χ3n) is 4.26. The Hall–Kier alpha value is -0.870. The highest BCUT2D eigenvalue weighted by molar-refractivity contribution is 7.14. The number of likely N-dealkylation sites (tertiary alicyclic amines) is 1. The molecule has 4 heteroatoms. The molecule has 1 aliphatic heterocycles. The first-order valence-corrected chi connectivity index (χ1v) is 8.46. The summed E-state index contributed by atoms with van der Waals surface area (Å²) in [4.78, 5) is 15.1. The fourth-order valence-electron chi connectivity index (χ4n) is 3.10. The number of nitrogens with zero attached hydrogens (tertiary/aromatic N) is 1. The molecule has 0 aromatic carbocycles. The minimum Gasteiger partial charge on any atom is -0.477 e. The predicted molar refractivity (Wildman–Crippen MR) is 83.5 cm³/mol. The Balaban J connectivity index is 1.94. The molecule has 3 nitrogen and oxygen atoms in total. The van der Waals surface area contributed by atoms with Gasteiger partial charge in [0, 0.05) is 11.4 Å². The van der Waals surface area contributed by atoms with Crippen molar-refractivity contribution < 1.29 is 9.90 Å². The van der Waals surface area contributed by atoms with Gasteiger partial charge in [-0.2, -0.15) is 0 Å². The van der Waals surface area contributed by atoms with Crippen molar-refractivity contribution in [3.63, 3.8) is 0 Å². The molecule has 0 saturated carbocycles. The summed E-state index contributed by atoms with van der Waals surface area (Å²) in [5, 5.41) is 9.06. The lowest BCUT2D eigenvalue weighted by molar-refractivity contribution is 0.0702. The number of aromatic carboxylic acids is 1. The monoisotopic (exact) mass is 295 g/mol. The first kappa shape index (κ1) is 15.5. The van der Waals surface area contributed by atoms with E-state index < -0.39 is 5.97 Å². The lowest BCUT2D eigenvalue weighted by atomic mass is 9.96. The van der Waals surface area contributed by atoms with E-state index in [1.54, 1.807) is 0 Å². The molecule has 1 N–H and O–H groups in total. The molecular weight excluding hydrogens is 270 g/mol. The van der Waals surface area contributed by atoms with Crippen LogP contribution in [0.15, 0.2) is 6.07 Å². The Morgan fingerprint density at radius 1 is 1.45 bits per heavy atom. The predicted octanol–water partition coefficient (Wildman–Crippen LogP) is 4.16. The molecule has 0 aliphatic carbocycles. The largest absolute Gasteiger partial charge is 0.477 e. The van der Waals surface area contributed by atoms with Crippen molar-refractivity contribution >= 4 is 17.3 Å². The Bertz CT molecular complexity index is 455. The summed E-state index contributed by atoms with van der Waals surface area (Å²) in [7, 11) is 0. The van der Waals surface area contributed by atoms with Crippen LogP contribution < -0.4 is 0 Å². The van der Waals surface area contributed by atoms with Crippen LogP contribution in [0.2, 0.25) is 0 Å². The van der Waals surface area contributed by atoms with E-state index in [0.29, 0.717) is 4.88 Å². The average Bonchev–Trinajstić information content (AvgIpc) is 2.63. The SMILES string of the molecule is CCCC1CCCN(Cc2cc(C(=O)O)sc2C)CC1. The molecule has 1 unspecified atom stereocenters. The lowest BCUT2D eigenvalue weighted by Crippen LogP contribution is -2.24. The number of aryl methyl sites for hydroxylation is 1. The zero-order valence-corrected chi connectivity index (χ0v) is 13.3. The van der Waals surface area contributed by atoms with Gasteiger partial charge >= 0.3 is 5.97 Å². The molecule has 1 atom stereocenters. The molecule has 1 aliphatic rings. The summed E-state index contributed by atoms with van der Waals surface area (Å²) in [6.45, 7) is 7.52. The van der Waals surface area contributed by atoms with Gasteiger partial charge in [0.2, 0.25) is 0 Å². The fraction of sp³-hybridized carbons (Fsp3) is 0.688. The number of carboxylic acid groups (broad SMARTS) is 1. The van der Waals surface area contributed by atoms with Crippen molar-refractivity contribution in [2.75, 3.05) is 13.1 Å². The molecule has 1 aromatic heterocycles. The summed E-state index contributed by atoms with van der Waals surface area (Å²) >= 11 is 1.40. The molecule has 0 amide bonds. The van der Waals surface area contributed by atoms with Gasteiger partial charge in [0.1, 0.15) is 4.88 Å². The second-order valence-corrected chi connectivity index (χ2v) is 7.12. The molecule has 2 heterocycles. The molecule has 1 aromatic rings. The van der Waals surface area contributed by atoms with Crippen LogP contribution in [0.3, 0.4) is 0 Å². The summed E-state index contributed by atoms with van der Waals surface area (Å²) < 4.78 is 0. The van der Waals surface area contributed by atoms with E-state index in [0.717, 1.165) is 30.4 Å². The molecule has 0 bridgehead atoms. The van der Waals surface area contributed by atoms with E-state index in [4.69, 9.17) is 5.11 Å². The maximum atomic E-state index is 11.0. The Morgan fingerprint density at radius 3 is 2.90 bits per heavy atom. The van der Waals surface area contributed by atoms with Gasteiger partial charge in [-0.25, -0.2) is 4.79 Å². The minimum atomic E-state index is -0.803. The second-order valence-electron chi connectivity index (χ2n) is 5.86. The van der Waals surface area contributed by atoms with Gasteiger partial charge in [-0.15, -0.1) is 11.3 Å². The Morgan fingerprint density at radius 2 is 2.25 bits per heavy atom. The van der Waals surface area contributed by atoms with Gasteiger partial charge in [-0.1, -0.05) is 19.8 Å². The number of carbonyl (C=O) groups is 1. The van der Waals surface area contributed by atoms with Gasteiger partial charge in [0.15, 0.2) is 0 Å². The Labute approximate surface area is 125 Å². The normalized spacial score (nSPS) is 20.8. The molecule has 20 heavy (non-hydrogen) atoms. The van der Waals surface area contributed by atoms with Crippen LogP contribution in [0.1, 0.15) is 59.1 Å². The standard InChI is InChI=1S/C16H25NO2S/c1-3-5-13-6-4-8-17(9-7-13)11-14-10-15(16(18)19)20-12(14)2/h10,13H,3-9,11H2,1-2H3,(H,18,19). The van der Waals surface area contributed by atoms with Gasteiger partial charge in [0.05, 0.1) is 0 Å². The average molecular weight is 295 g/mol. The molecule has 0 spiro atoms.